The van der Waals surface area contributed by atoms with Crippen molar-refractivity contribution in [3.8, 4) is 11.8 Å². The molecule has 3 nitrogen and oxygen atoms in total. The number of thiazole rings is 1. The zero-order valence-electron chi connectivity index (χ0n) is 11.8. The second-order valence-corrected chi connectivity index (χ2v) is 6.63. The molecule has 2 aromatic carbocycles. The minimum Gasteiger partial charge on any atom is -0.489 e. The highest BCUT2D eigenvalue weighted by molar-refractivity contribution is 9.09. The maximum Gasteiger partial charge on any atom is 0.195 e. The Bertz CT molecular complexity index is 838. The molecule has 3 aromatic rings. The third-order valence-corrected chi connectivity index (χ3v) is 4.55. The van der Waals surface area contributed by atoms with E-state index in [1.807, 2.05) is 18.2 Å². The van der Waals surface area contributed by atoms with E-state index in [-0.39, 0.29) is 0 Å². The standard InChI is InChI=1S/C17H13BrN2OS/c18-7-6-12-2-1-3-13(8-12)11-21-14-4-5-15-16(9-14)22-17(10-19)20-15/h1-5,8-9H,6-7,11H2. The molecule has 0 fully saturated rings. The van der Waals surface area contributed by atoms with Crippen LogP contribution in [0.5, 0.6) is 5.75 Å². The zero-order valence-corrected chi connectivity index (χ0v) is 14.2. The zero-order chi connectivity index (χ0) is 15.4. The second kappa shape index (κ2) is 6.91. The van der Waals surface area contributed by atoms with Gasteiger partial charge in [-0.25, -0.2) is 4.98 Å². The first-order valence-electron chi connectivity index (χ1n) is 6.86. The Kier molecular flexibility index (Phi) is 4.71. The van der Waals surface area contributed by atoms with Crippen LogP contribution >= 0.6 is 27.3 Å². The first kappa shape index (κ1) is 15.0. The molecule has 0 spiro atoms. The van der Waals surface area contributed by atoms with Gasteiger partial charge in [0.2, 0.25) is 0 Å². The van der Waals surface area contributed by atoms with Gasteiger partial charge in [0.15, 0.2) is 5.01 Å². The van der Waals surface area contributed by atoms with Gasteiger partial charge in [0.05, 0.1) is 10.2 Å². The lowest BCUT2D eigenvalue weighted by Gasteiger charge is -2.07. The molecule has 0 atom stereocenters. The minimum absolute atomic E-state index is 0.481. The molecule has 5 heteroatoms. The number of halogens is 1. The third-order valence-electron chi connectivity index (χ3n) is 3.24. The minimum atomic E-state index is 0.481. The van der Waals surface area contributed by atoms with Crippen LogP contribution in [0.3, 0.4) is 0 Å². The van der Waals surface area contributed by atoms with Crippen molar-refractivity contribution >= 4 is 37.5 Å². The summed E-state index contributed by atoms with van der Waals surface area (Å²) in [7, 11) is 0. The summed E-state index contributed by atoms with van der Waals surface area (Å²) in [6, 6.07) is 16.2. The van der Waals surface area contributed by atoms with E-state index in [0.29, 0.717) is 11.6 Å². The summed E-state index contributed by atoms with van der Waals surface area (Å²) in [5, 5.41) is 10.3. The molecule has 22 heavy (non-hydrogen) atoms. The molecule has 0 radical (unpaired) electrons. The van der Waals surface area contributed by atoms with E-state index in [0.717, 1.165) is 33.3 Å². The fraction of sp³-hybridized carbons (Fsp3) is 0.176. The Labute approximate surface area is 141 Å². The van der Waals surface area contributed by atoms with Crippen LogP contribution in [0, 0.1) is 11.3 Å². The average Bonchev–Trinajstić information content (AvgIpc) is 2.96. The molecule has 0 aliphatic rings. The molecule has 0 N–H and O–H groups in total. The Balaban J connectivity index is 1.73. The number of alkyl halides is 1. The summed E-state index contributed by atoms with van der Waals surface area (Å²) in [5.74, 6) is 0.798. The molecule has 110 valence electrons. The Morgan fingerprint density at radius 1 is 1.18 bits per heavy atom. The number of hydrogen-bond donors (Lipinski definition) is 0. The highest BCUT2D eigenvalue weighted by atomic mass is 79.9. The van der Waals surface area contributed by atoms with Gasteiger partial charge in [-0.2, -0.15) is 5.26 Å². The molecule has 0 aliphatic carbocycles. The number of aromatic nitrogens is 1. The smallest absolute Gasteiger partial charge is 0.195 e. The quantitative estimate of drug-likeness (QED) is 0.610. The summed E-state index contributed by atoms with van der Waals surface area (Å²) in [6.45, 7) is 0.533. The maximum absolute atomic E-state index is 8.89. The molecule has 0 unspecified atom stereocenters. The van der Waals surface area contributed by atoms with Gasteiger partial charge in [-0.1, -0.05) is 40.2 Å². The Morgan fingerprint density at radius 3 is 2.86 bits per heavy atom. The molecule has 3 rings (SSSR count). The van der Waals surface area contributed by atoms with Gasteiger partial charge in [-0.3, -0.25) is 0 Å². The molecular weight excluding hydrogens is 360 g/mol. The van der Waals surface area contributed by atoms with Gasteiger partial charge in [-0.15, -0.1) is 11.3 Å². The van der Waals surface area contributed by atoms with Gasteiger partial charge in [0.25, 0.3) is 0 Å². The van der Waals surface area contributed by atoms with Crippen LogP contribution in [-0.4, -0.2) is 10.3 Å². The van der Waals surface area contributed by atoms with Crippen molar-refractivity contribution in [1.82, 2.24) is 4.98 Å². The van der Waals surface area contributed by atoms with Crippen molar-refractivity contribution in [2.24, 2.45) is 0 Å². The molecule has 0 saturated carbocycles. The summed E-state index contributed by atoms with van der Waals surface area (Å²) in [4.78, 5) is 4.22. The van der Waals surface area contributed by atoms with E-state index in [1.165, 1.54) is 16.9 Å². The highest BCUT2D eigenvalue weighted by Gasteiger charge is 2.05. The number of fused-ring (bicyclic) bond motifs is 1. The van der Waals surface area contributed by atoms with E-state index < -0.39 is 0 Å². The SMILES string of the molecule is N#Cc1nc2ccc(OCc3cccc(CCBr)c3)cc2s1. The van der Waals surface area contributed by atoms with Crippen molar-refractivity contribution < 1.29 is 4.74 Å². The van der Waals surface area contributed by atoms with Crippen LogP contribution in [0.2, 0.25) is 0 Å². The lowest BCUT2D eigenvalue weighted by Crippen LogP contribution is -1.96. The largest absolute Gasteiger partial charge is 0.489 e. The number of ether oxygens (including phenoxy) is 1. The van der Waals surface area contributed by atoms with Gasteiger partial charge in [0.1, 0.15) is 18.4 Å². The first-order chi connectivity index (χ1) is 10.8. The maximum atomic E-state index is 8.89. The molecule has 0 aliphatic heterocycles. The molecule has 0 saturated heterocycles. The van der Waals surface area contributed by atoms with Gasteiger partial charge in [0, 0.05) is 5.33 Å². The van der Waals surface area contributed by atoms with Crippen LogP contribution in [0.1, 0.15) is 16.1 Å². The van der Waals surface area contributed by atoms with E-state index in [2.05, 4.69) is 51.2 Å². The van der Waals surface area contributed by atoms with E-state index >= 15 is 0 Å². The molecule has 0 bridgehead atoms. The number of rotatable bonds is 5. The summed E-state index contributed by atoms with van der Waals surface area (Å²) < 4.78 is 6.83. The van der Waals surface area contributed by atoms with Crippen molar-refractivity contribution in [1.29, 1.82) is 5.26 Å². The fourth-order valence-electron chi connectivity index (χ4n) is 2.19. The Hall–Kier alpha value is -1.90. The molecule has 1 aromatic heterocycles. The third kappa shape index (κ3) is 3.46. The van der Waals surface area contributed by atoms with Crippen LogP contribution in [-0.2, 0) is 13.0 Å². The average molecular weight is 373 g/mol. The van der Waals surface area contributed by atoms with Crippen molar-refractivity contribution in [2.45, 2.75) is 13.0 Å². The van der Waals surface area contributed by atoms with Gasteiger partial charge >= 0.3 is 0 Å². The first-order valence-corrected chi connectivity index (χ1v) is 8.79. The van der Waals surface area contributed by atoms with Crippen LogP contribution in [0.15, 0.2) is 42.5 Å². The van der Waals surface area contributed by atoms with Crippen LogP contribution in [0.4, 0.5) is 0 Å². The van der Waals surface area contributed by atoms with E-state index in [1.54, 1.807) is 0 Å². The topological polar surface area (TPSA) is 45.9 Å². The number of aryl methyl sites for hydroxylation is 1. The fourth-order valence-corrected chi connectivity index (χ4v) is 3.44. The Morgan fingerprint density at radius 2 is 2.05 bits per heavy atom. The van der Waals surface area contributed by atoms with Crippen molar-refractivity contribution in [2.75, 3.05) is 5.33 Å². The number of nitrogens with zero attached hydrogens (tertiary/aromatic N) is 2. The van der Waals surface area contributed by atoms with Crippen molar-refractivity contribution in [3.63, 3.8) is 0 Å². The molecule has 1 heterocycles. The predicted molar refractivity (Wildman–Crippen MR) is 92.6 cm³/mol. The van der Waals surface area contributed by atoms with Crippen molar-refractivity contribution in [3.05, 3.63) is 58.6 Å². The highest BCUT2D eigenvalue weighted by Crippen LogP contribution is 2.26. The van der Waals surface area contributed by atoms with Crippen LogP contribution in [0.25, 0.3) is 10.2 Å². The normalized spacial score (nSPS) is 10.5. The van der Waals surface area contributed by atoms with E-state index in [4.69, 9.17) is 10.00 Å². The second-order valence-electron chi connectivity index (χ2n) is 4.81. The lowest BCUT2D eigenvalue weighted by atomic mass is 10.1. The van der Waals surface area contributed by atoms with Gasteiger partial charge < -0.3 is 4.74 Å². The van der Waals surface area contributed by atoms with Crippen LogP contribution < -0.4 is 4.74 Å². The number of nitriles is 1. The predicted octanol–water partition coefficient (Wildman–Crippen LogP) is 4.68. The molecular formula is C17H13BrN2OS. The summed E-state index contributed by atoms with van der Waals surface area (Å²) in [6.07, 6.45) is 1.01. The summed E-state index contributed by atoms with van der Waals surface area (Å²) in [5.41, 5.74) is 3.29. The summed E-state index contributed by atoms with van der Waals surface area (Å²) >= 11 is 4.84. The monoisotopic (exact) mass is 372 g/mol. The lowest BCUT2D eigenvalue weighted by molar-refractivity contribution is 0.306. The number of benzene rings is 2. The van der Waals surface area contributed by atoms with E-state index in [9.17, 15) is 0 Å². The molecule has 0 amide bonds. The number of hydrogen-bond acceptors (Lipinski definition) is 4. The van der Waals surface area contributed by atoms with Gasteiger partial charge in [-0.05, 0) is 35.7 Å².